The van der Waals surface area contributed by atoms with Gasteiger partial charge >= 0.3 is 5.69 Å². The van der Waals surface area contributed by atoms with Crippen LogP contribution in [0.2, 0.25) is 10.0 Å². The average molecular weight is 564 g/mol. The number of ether oxygens (including phenoxy) is 2. The lowest BCUT2D eigenvalue weighted by Crippen LogP contribution is -2.34. The summed E-state index contributed by atoms with van der Waals surface area (Å²) in [5.74, 6) is 0.916. The Labute approximate surface area is 234 Å². The number of anilines is 2. The summed E-state index contributed by atoms with van der Waals surface area (Å²) < 4.78 is 11.8. The Morgan fingerprint density at radius 1 is 1.08 bits per heavy atom. The molecule has 0 radical (unpaired) electrons. The second kappa shape index (κ2) is 11.7. The summed E-state index contributed by atoms with van der Waals surface area (Å²) in [5, 5.41) is 29.3. The predicted molar refractivity (Wildman–Crippen MR) is 150 cm³/mol. The van der Waals surface area contributed by atoms with E-state index in [0.29, 0.717) is 32.4 Å². The number of nitrogens with zero attached hydrogens (tertiary/aromatic N) is 3. The summed E-state index contributed by atoms with van der Waals surface area (Å²) in [4.78, 5) is 15.9. The molecular weight excluding hydrogens is 541 g/mol. The molecule has 2 heterocycles. The molecule has 1 aromatic heterocycles. The van der Waals surface area contributed by atoms with E-state index in [1.807, 2.05) is 18.2 Å². The molecule has 9 nitrogen and oxygen atoms in total. The molecule has 2 N–H and O–H groups in total. The van der Waals surface area contributed by atoms with E-state index in [4.69, 9.17) is 32.7 Å². The number of nitro groups is 1. The van der Waals surface area contributed by atoms with Crippen molar-refractivity contribution < 1.29 is 14.4 Å². The third kappa shape index (κ3) is 6.15. The zero-order chi connectivity index (χ0) is 27.4. The van der Waals surface area contributed by atoms with Crippen LogP contribution in [-0.2, 0) is 6.61 Å². The maximum atomic E-state index is 11.8. The molecule has 198 valence electrons. The Kier molecular flexibility index (Phi) is 7.98. The topological polar surface area (TPSA) is 122 Å². The minimum Gasteiger partial charge on any atom is -0.487 e. The molecule has 0 spiro atoms. The molecule has 0 amide bonds. The maximum Gasteiger partial charge on any atom is 0.311 e. The van der Waals surface area contributed by atoms with E-state index >= 15 is 0 Å². The van der Waals surface area contributed by atoms with Gasteiger partial charge in [0.15, 0.2) is 5.75 Å². The monoisotopic (exact) mass is 563 g/mol. The molecule has 0 unspecified atom stereocenters. The van der Waals surface area contributed by atoms with Crippen LogP contribution in [0.15, 0.2) is 60.7 Å². The normalized spacial score (nSPS) is 13.6. The van der Waals surface area contributed by atoms with Crippen molar-refractivity contribution in [3.05, 3.63) is 92.0 Å². The summed E-state index contributed by atoms with van der Waals surface area (Å²) in [7, 11) is 0. The fraction of sp³-hybridized carbons (Fsp3) is 0.214. The van der Waals surface area contributed by atoms with Crippen LogP contribution in [0.25, 0.3) is 10.9 Å². The summed E-state index contributed by atoms with van der Waals surface area (Å²) in [6.07, 6.45) is 1.38. The minimum atomic E-state index is -0.481. The Morgan fingerprint density at radius 3 is 2.59 bits per heavy atom. The van der Waals surface area contributed by atoms with E-state index < -0.39 is 4.92 Å². The lowest BCUT2D eigenvalue weighted by Gasteiger charge is -2.23. The van der Waals surface area contributed by atoms with E-state index in [-0.39, 0.29) is 35.5 Å². The van der Waals surface area contributed by atoms with Crippen molar-refractivity contribution in [1.29, 1.82) is 5.26 Å². The lowest BCUT2D eigenvalue weighted by molar-refractivity contribution is -0.385. The number of nitro benzene ring substituents is 1. The van der Waals surface area contributed by atoms with Crippen LogP contribution in [0.1, 0.15) is 24.0 Å². The van der Waals surface area contributed by atoms with Gasteiger partial charge in [0.25, 0.3) is 0 Å². The van der Waals surface area contributed by atoms with Crippen LogP contribution in [-0.4, -0.2) is 29.1 Å². The summed E-state index contributed by atoms with van der Waals surface area (Å²) >= 11 is 12.7. The van der Waals surface area contributed by atoms with Gasteiger partial charge in [0, 0.05) is 33.8 Å². The Morgan fingerprint density at radius 2 is 1.87 bits per heavy atom. The molecule has 1 aliphatic heterocycles. The SMILES string of the molecule is N#Cc1cc2cc([N+](=O)[O-])c(OC3CCNCC3)cc2nc1Nc1ccc(OCc2ccccc2Cl)c(Cl)c1. The van der Waals surface area contributed by atoms with Crippen LogP contribution < -0.4 is 20.1 Å². The highest BCUT2D eigenvalue weighted by molar-refractivity contribution is 6.32. The largest absolute Gasteiger partial charge is 0.487 e. The molecule has 5 rings (SSSR count). The number of nitrogens with one attached hydrogen (secondary N) is 2. The number of hydrogen-bond acceptors (Lipinski definition) is 8. The van der Waals surface area contributed by atoms with Crippen LogP contribution >= 0.6 is 23.2 Å². The van der Waals surface area contributed by atoms with Crippen LogP contribution in [0, 0.1) is 21.4 Å². The minimum absolute atomic E-state index is 0.126. The number of rotatable bonds is 8. The maximum absolute atomic E-state index is 11.8. The smallest absolute Gasteiger partial charge is 0.311 e. The highest BCUT2D eigenvalue weighted by atomic mass is 35.5. The number of nitriles is 1. The van der Waals surface area contributed by atoms with Crippen molar-refractivity contribution in [2.75, 3.05) is 18.4 Å². The summed E-state index contributed by atoms with van der Waals surface area (Å²) in [6, 6.07) is 19.1. The first-order valence-corrected chi connectivity index (χ1v) is 13.0. The molecule has 3 aromatic carbocycles. The van der Waals surface area contributed by atoms with Crippen molar-refractivity contribution in [2.24, 2.45) is 0 Å². The molecule has 1 aliphatic rings. The zero-order valence-electron chi connectivity index (χ0n) is 20.6. The Balaban J connectivity index is 1.40. The van der Waals surface area contributed by atoms with E-state index in [1.54, 1.807) is 36.4 Å². The van der Waals surface area contributed by atoms with E-state index in [0.717, 1.165) is 31.5 Å². The van der Waals surface area contributed by atoms with Crippen molar-refractivity contribution in [3.63, 3.8) is 0 Å². The standard InChI is InChI=1S/C28H23Cl2N5O4/c29-22-4-2-1-3-17(22)16-38-26-6-5-20(13-23(26)30)33-28-19(15-31)11-18-12-25(35(36)37)27(14-24(18)34-28)39-21-7-9-32-10-8-21/h1-6,11-14,21,32H,7-10,16H2,(H,33,34). The molecule has 0 aliphatic carbocycles. The second-order valence-corrected chi connectivity index (χ2v) is 9.80. The van der Waals surface area contributed by atoms with Gasteiger partial charge in [-0.1, -0.05) is 41.4 Å². The van der Waals surface area contributed by atoms with Crippen molar-refractivity contribution in [3.8, 4) is 17.6 Å². The van der Waals surface area contributed by atoms with Gasteiger partial charge in [-0.15, -0.1) is 0 Å². The predicted octanol–water partition coefficient (Wildman–Crippen LogP) is 6.77. The van der Waals surface area contributed by atoms with Gasteiger partial charge in [0.05, 0.1) is 21.0 Å². The third-order valence-electron chi connectivity index (χ3n) is 6.33. The number of hydrogen-bond donors (Lipinski definition) is 2. The van der Waals surface area contributed by atoms with Crippen molar-refractivity contribution in [1.82, 2.24) is 10.3 Å². The Hall–Kier alpha value is -4.10. The number of aromatic nitrogens is 1. The first-order valence-electron chi connectivity index (χ1n) is 12.2. The van der Waals surface area contributed by atoms with Gasteiger partial charge < -0.3 is 20.1 Å². The van der Waals surface area contributed by atoms with Gasteiger partial charge in [0.1, 0.15) is 30.3 Å². The number of piperidine rings is 1. The van der Waals surface area contributed by atoms with Crippen molar-refractivity contribution >= 4 is 51.3 Å². The molecule has 4 aromatic rings. The lowest BCUT2D eigenvalue weighted by atomic mass is 10.1. The third-order valence-corrected chi connectivity index (χ3v) is 6.99. The summed E-state index contributed by atoms with van der Waals surface area (Å²) in [6.45, 7) is 1.83. The van der Waals surface area contributed by atoms with Gasteiger partial charge in [0.2, 0.25) is 0 Å². The number of fused-ring (bicyclic) bond motifs is 1. The number of pyridine rings is 1. The van der Waals surface area contributed by atoms with Crippen LogP contribution in [0.5, 0.6) is 11.5 Å². The first-order chi connectivity index (χ1) is 18.9. The van der Waals surface area contributed by atoms with Gasteiger partial charge in [-0.3, -0.25) is 10.1 Å². The average Bonchev–Trinajstić information content (AvgIpc) is 2.93. The second-order valence-electron chi connectivity index (χ2n) is 8.98. The molecule has 0 atom stereocenters. The van der Waals surface area contributed by atoms with E-state index in [9.17, 15) is 15.4 Å². The Bertz CT molecular complexity index is 1580. The quantitative estimate of drug-likeness (QED) is 0.178. The number of benzene rings is 3. The first kappa shape index (κ1) is 26.5. The van der Waals surface area contributed by atoms with Crippen LogP contribution in [0.4, 0.5) is 17.2 Å². The fourth-order valence-corrected chi connectivity index (χ4v) is 4.73. The van der Waals surface area contributed by atoms with E-state index in [2.05, 4.69) is 21.7 Å². The number of halogens is 2. The van der Waals surface area contributed by atoms with Crippen molar-refractivity contribution in [2.45, 2.75) is 25.6 Å². The molecule has 1 saturated heterocycles. The molecular formula is C28H23Cl2N5O4. The molecule has 1 fully saturated rings. The molecule has 11 heteroatoms. The fourth-order valence-electron chi connectivity index (χ4n) is 4.30. The zero-order valence-corrected chi connectivity index (χ0v) is 22.1. The molecule has 39 heavy (non-hydrogen) atoms. The highest BCUT2D eigenvalue weighted by Crippen LogP contribution is 2.36. The highest BCUT2D eigenvalue weighted by Gasteiger charge is 2.23. The van der Waals surface area contributed by atoms with Gasteiger partial charge in [-0.2, -0.15) is 5.26 Å². The molecule has 0 saturated carbocycles. The summed E-state index contributed by atoms with van der Waals surface area (Å²) in [5.41, 5.74) is 1.93. The molecule has 0 bridgehead atoms. The van der Waals surface area contributed by atoms with Gasteiger partial charge in [-0.05, 0) is 56.3 Å². The van der Waals surface area contributed by atoms with Gasteiger partial charge in [-0.25, -0.2) is 4.98 Å². The van der Waals surface area contributed by atoms with Crippen LogP contribution in [0.3, 0.4) is 0 Å². The van der Waals surface area contributed by atoms with E-state index in [1.165, 1.54) is 6.07 Å².